The number of carbonyl (C=O) groups excluding carboxylic acids is 2. The summed E-state index contributed by atoms with van der Waals surface area (Å²) in [6, 6.07) is 0. The molecule has 0 aromatic heterocycles. The molecule has 0 aliphatic rings. The van der Waals surface area contributed by atoms with E-state index >= 15 is 0 Å². The van der Waals surface area contributed by atoms with Crippen molar-refractivity contribution in [3.63, 3.8) is 0 Å². The molecule has 5 heteroatoms. The second-order valence-corrected chi connectivity index (χ2v) is 18.1. The molecule has 1 atom stereocenters. The van der Waals surface area contributed by atoms with Gasteiger partial charge in [-0.2, -0.15) is 0 Å². The SMILES string of the molecule is CCCCC/C=C\C/C=C\C/C=C\CCCCCCC(=O)O[C@H](COCCCCCCCCCCCCCCCCCC)COC(=O)CCCCCCCCCCCCCC. The van der Waals surface area contributed by atoms with Crippen molar-refractivity contribution in [2.75, 3.05) is 19.8 Å². The van der Waals surface area contributed by atoms with E-state index in [0.29, 0.717) is 19.4 Å². The Labute approximate surface area is 380 Å². The van der Waals surface area contributed by atoms with Crippen LogP contribution < -0.4 is 0 Å². The topological polar surface area (TPSA) is 61.8 Å². The van der Waals surface area contributed by atoms with Crippen LogP contribution in [-0.2, 0) is 23.8 Å². The largest absolute Gasteiger partial charge is 0.462 e. The fourth-order valence-electron chi connectivity index (χ4n) is 7.87. The van der Waals surface area contributed by atoms with E-state index in [1.54, 1.807) is 0 Å². The highest BCUT2D eigenvalue weighted by Gasteiger charge is 2.17. The summed E-state index contributed by atoms with van der Waals surface area (Å²) in [7, 11) is 0. The molecule has 0 N–H and O–H groups in total. The van der Waals surface area contributed by atoms with Crippen molar-refractivity contribution in [3.8, 4) is 0 Å². The first-order valence-electron chi connectivity index (χ1n) is 27.0. The van der Waals surface area contributed by atoms with E-state index in [2.05, 4.69) is 57.2 Å². The average Bonchev–Trinajstić information content (AvgIpc) is 3.26. The Morgan fingerprint density at radius 3 is 1.13 bits per heavy atom. The summed E-state index contributed by atoms with van der Waals surface area (Å²) < 4.78 is 17.4. The van der Waals surface area contributed by atoms with Crippen molar-refractivity contribution >= 4 is 11.9 Å². The molecule has 0 aromatic rings. The van der Waals surface area contributed by atoms with Gasteiger partial charge in [0.15, 0.2) is 6.10 Å². The molecule has 0 bridgehead atoms. The summed E-state index contributed by atoms with van der Waals surface area (Å²) in [4.78, 5) is 25.4. The number of unbranched alkanes of at least 4 members (excludes halogenated alkanes) is 33. The van der Waals surface area contributed by atoms with Gasteiger partial charge >= 0.3 is 11.9 Å². The van der Waals surface area contributed by atoms with Crippen LogP contribution in [-0.4, -0.2) is 37.9 Å². The predicted molar refractivity (Wildman–Crippen MR) is 265 cm³/mol. The summed E-state index contributed by atoms with van der Waals surface area (Å²) in [5, 5.41) is 0. The normalized spacial score (nSPS) is 12.4. The van der Waals surface area contributed by atoms with Gasteiger partial charge in [-0.25, -0.2) is 0 Å². The van der Waals surface area contributed by atoms with E-state index in [9.17, 15) is 9.59 Å². The number of allylic oxidation sites excluding steroid dienone is 6. The molecule has 0 spiro atoms. The Balaban J connectivity index is 4.26. The zero-order valence-electron chi connectivity index (χ0n) is 41.2. The monoisotopic (exact) mass is 857 g/mol. The van der Waals surface area contributed by atoms with E-state index in [1.807, 2.05) is 0 Å². The van der Waals surface area contributed by atoms with Gasteiger partial charge in [0, 0.05) is 19.4 Å². The first-order valence-corrected chi connectivity index (χ1v) is 27.0. The Morgan fingerprint density at radius 2 is 0.689 bits per heavy atom. The first-order chi connectivity index (χ1) is 30.1. The van der Waals surface area contributed by atoms with E-state index in [-0.39, 0.29) is 25.2 Å². The molecule has 0 aliphatic heterocycles. The minimum Gasteiger partial charge on any atom is -0.462 e. The van der Waals surface area contributed by atoms with E-state index in [4.69, 9.17) is 14.2 Å². The molecule has 0 rings (SSSR count). The summed E-state index contributed by atoms with van der Waals surface area (Å²) in [6.45, 7) is 7.83. The molecule has 0 amide bonds. The van der Waals surface area contributed by atoms with Crippen molar-refractivity contribution in [1.29, 1.82) is 0 Å². The highest BCUT2D eigenvalue weighted by atomic mass is 16.6. The van der Waals surface area contributed by atoms with Gasteiger partial charge in [-0.15, -0.1) is 0 Å². The molecule has 0 heterocycles. The van der Waals surface area contributed by atoms with Crippen LogP contribution in [0.3, 0.4) is 0 Å². The average molecular weight is 857 g/mol. The van der Waals surface area contributed by atoms with E-state index in [1.165, 1.54) is 186 Å². The molecule has 0 aromatic carbocycles. The second-order valence-electron chi connectivity index (χ2n) is 18.1. The molecular weight excluding hydrogens is 753 g/mol. The van der Waals surface area contributed by atoms with Crippen LogP contribution in [0.1, 0.15) is 284 Å². The summed E-state index contributed by atoms with van der Waals surface area (Å²) in [6.07, 6.45) is 62.9. The maximum Gasteiger partial charge on any atom is 0.306 e. The zero-order valence-corrected chi connectivity index (χ0v) is 41.2. The van der Waals surface area contributed by atoms with E-state index < -0.39 is 6.10 Å². The van der Waals surface area contributed by atoms with Crippen LogP contribution in [0.15, 0.2) is 36.5 Å². The Bertz CT molecular complexity index is 970. The fraction of sp³-hybridized carbons (Fsp3) is 0.857. The van der Waals surface area contributed by atoms with Gasteiger partial charge < -0.3 is 14.2 Å². The van der Waals surface area contributed by atoms with Crippen molar-refractivity contribution in [2.45, 2.75) is 290 Å². The Hall–Kier alpha value is -1.88. The number of carbonyl (C=O) groups is 2. The number of rotatable bonds is 50. The lowest BCUT2D eigenvalue weighted by molar-refractivity contribution is -0.163. The molecule has 0 radical (unpaired) electrons. The van der Waals surface area contributed by atoms with Crippen molar-refractivity contribution in [3.05, 3.63) is 36.5 Å². The van der Waals surface area contributed by atoms with Gasteiger partial charge in [0.2, 0.25) is 0 Å². The van der Waals surface area contributed by atoms with Crippen molar-refractivity contribution < 1.29 is 23.8 Å². The Kier molecular flexibility index (Phi) is 50.8. The van der Waals surface area contributed by atoms with E-state index in [0.717, 1.165) is 64.2 Å². The third-order valence-corrected chi connectivity index (χ3v) is 11.9. The lowest BCUT2D eigenvalue weighted by Gasteiger charge is -2.18. The summed E-state index contributed by atoms with van der Waals surface area (Å²) >= 11 is 0. The second kappa shape index (κ2) is 52.5. The molecule has 0 fully saturated rings. The highest BCUT2D eigenvalue weighted by molar-refractivity contribution is 5.70. The number of hydrogen-bond acceptors (Lipinski definition) is 5. The minimum atomic E-state index is -0.541. The lowest BCUT2D eigenvalue weighted by Crippen LogP contribution is -2.30. The molecule has 358 valence electrons. The standard InChI is InChI=1S/C56H104O5/c1-4-7-10-13-16-19-22-25-27-29-30-32-35-38-41-44-47-50-56(58)61-54(53-60-55(57)49-46-43-40-37-34-24-21-18-15-12-9-6-3)52-59-51-48-45-42-39-36-33-31-28-26-23-20-17-14-11-8-5-2/h16,19,25,27,30,32,54H,4-15,17-18,20-24,26,28-29,31,33-53H2,1-3H3/b19-16-,27-25-,32-30-/t54-/m1/s1. The quantitative estimate of drug-likeness (QED) is 0.0346. The van der Waals surface area contributed by atoms with Crippen LogP contribution >= 0.6 is 0 Å². The van der Waals surface area contributed by atoms with Gasteiger partial charge in [0.05, 0.1) is 6.61 Å². The summed E-state index contributed by atoms with van der Waals surface area (Å²) in [5.74, 6) is -0.406. The maximum atomic E-state index is 12.8. The van der Waals surface area contributed by atoms with Gasteiger partial charge in [-0.1, -0.05) is 250 Å². The van der Waals surface area contributed by atoms with Crippen LogP contribution in [0.25, 0.3) is 0 Å². The number of hydrogen-bond donors (Lipinski definition) is 0. The number of ether oxygens (including phenoxy) is 3. The Morgan fingerprint density at radius 1 is 0.361 bits per heavy atom. The van der Waals surface area contributed by atoms with Crippen LogP contribution in [0, 0.1) is 0 Å². The van der Waals surface area contributed by atoms with Gasteiger partial charge in [-0.05, 0) is 57.8 Å². The third-order valence-electron chi connectivity index (χ3n) is 11.9. The van der Waals surface area contributed by atoms with Crippen LogP contribution in [0.4, 0.5) is 0 Å². The molecular formula is C56H104O5. The van der Waals surface area contributed by atoms with Crippen LogP contribution in [0.2, 0.25) is 0 Å². The van der Waals surface area contributed by atoms with Crippen LogP contribution in [0.5, 0.6) is 0 Å². The lowest BCUT2D eigenvalue weighted by atomic mass is 10.0. The van der Waals surface area contributed by atoms with Gasteiger partial charge in [0.25, 0.3) is 0 Å². The smallest absolute Gasteiger partial charge is 0.306 e. The predicted octanol–water partition coefficient (Wildman–Crippen LogP) is 18.2. The van der Waals surface area contributed by atoms with Crippen molar-refractivity contribution in [2.24, 2.45) is 0 Å². The molecule has 0 saturated heterocycles. The van der Waals surface area contributed by atoms with Crippen molar-refractivity contribution in [1.82, 2.24) is 0 Å². The van der Waals surface area contributed by atoms with Gasteiger partial charge in [0.1, 0.15) is 6.61 Å². The zero-order chi connectivity index (χ0) is 44.2. The molecule has 61 heavy (non-hydrogen) atoms. The molecule has 5 nitrogen and oxygen atoms in total. The number of esters is 2. The minimum absolute atomic E-state index is 0.0824. The molecule has 0 saturated carbocycles. The van der Waals surface area contributed by atoms with Gasteiger partial charge in [-0.3, -0.25) is 9.59 Å². The third kappa shape index (κ3) is 50.6. The highest BCUT2D eigenvalue weighted by Crippen LogP contribution is 2.16. The fourth-order valence-corrected chi connectivity index (χ4v) is 7.87. The maximum absolute atomic E-state index is 12.8. The molecule has 0 unspecified atom stereocenters. The first kappa shape index (κ1) is 59.1. The summed E-state index contributed by atoms with van der Waals surface area (Å²) in [5.41, 5.74) is 0. The molecule has 0 aliphatic carbocycles.